The van der Waals surface area contributed by atoms with E-state index in [-0.39, 0.29) is 17.7 Å². The predicted octanol–water partition coefficient (Wildman–Crippen LogP) is 3.40. The first kappa shape index (κ1) is 16.6. The molecule has 1 aliphatic carbocycles. The van der Waals surface area contributed by atoms with Crippen LogP contribution in [0.1, 0.15) is 46.6 Å². The molecular weight excluding hydrogens is 324 g/mol. The van der Waals surface area contributed by atoms with E-state index >= 15 is 0 Å². The Hall–Kier alpha value is -2.28. The van der Waals surface area contributed by atoms with Gasteiger partial charge in [0, 0.05) is 5.92 Å². The summed E-state index contributed by atoms with van der Waals surface area (Å²) >= 11 is 1.43. The van der Waals surface area contributed by atoms with Crippen LogP contribution < -0.4 is 10.6 Å². The van der Waals surface area contributed by atoms with Gasteiger partial charge in [-0.2, -0.15) is 0 Å². The Labute approximate surface area is 144 Å². The van der Waals surface area contributed by atoms with E-state index in [1.807, 2.05) is 6.92 Å². The average molecular weight is 344 g/mol. The van der Waals surface area contributed by atoms with Crippen LogP contribution in [-0.4, -0.2) is 21.8 Å². The van der Waals surface area contributed by atoms with Crippen LogP contribution in [0, 0.1) is 12.8 Å². The van der Waals surface area contributed by atoms with Gasteiger partial charge in [-0.1, -0.05) is 6.92 Å². The van der Waals surface area contributed by atoms with Gasteiger partial charge in [0.15, 0.2) is 0 Å². The molecule has 2 N–H and O–H groups in total. The van der Waals surface area contributed by atoms with Crippen molar-refractivity contribution in [2.75, 3.05) is 10.6 Å². The lowest BCUT2D eigenvalue weighted by Gasteiger charge is -2.06. The molecule has 3 rings (SSSR count). The fourth-order valence-electron chi connectivity index (χ4n) is 2.29. The van der Waals surface area contributed by atoms with Gasteiger partial charge in [0.05, 0.1) is 22.6 Å². The number of aromatic nitrogens is 2. The highest BCUT2D eigenvalue weighted by atomic mass is 32.1. The Bertz CT molecular complexity index is 750. The van der Waals surface area contributed by atoms with Crippen molar-refractivity contribution in [3.05, 3.63) is 33.9 Å². The van der Waals surface area contributed by atoms with E-state index in [1.54, 1.807) is 18.3 Å². The number of carbonyl (C=O) groups excluding carboxylic acids is 2. The van der Waals surface area contributed by atoms with Gasteiger partial charge in [-0.25, -0.2) is 9.97 Å². The fourth-order valence-corrected chi connectivity index (χ4v) is 3.35. The second-order valence-electron chi connectivity index (χ2n) is 5.92. The van der Waals surface area contributed by atoms with Gasteiger partial charge in [0.2, 0.25) is 5.91 Å². The molecule has 2 aromatic rings. The van der Waals surface area contributed by atoms with Crippen LogP contribution in [0.3, 0.4) is 0 Å². The van der Waals surface area contributed by atoms with E-state index in [1.165, 1.54) is 11.3 Å². The molecule has 1 fully saturated rings. The fraction of sp³-hybridized carbons (Fsp3) is 0.412. The number of hydrogen-bond acceptors (Lipinski definition) is 5. The first-order valence-corrected chi connectivity index (χ1v) is 8.93. The molecule has 126 valence electrons. The Morgan fingerprint density at radius 1 is 1.29 bits per heavy atom. The average Bonchev–Trinajstić information content (AvgIpc) is 3.34. The summed E-state index contributed by atoms with van der Waals surface area (Å²) in [6.07, 6.45) is 5.34. The second kappa shape index (κ2) is 7.09. The first-order chi connectivity index (χ1) is 11.6. The zero-order valence-electron chi connectivity index (χ0n) is 13.8. The molecule has 2 heterocycles. The maximum atomic E-state index is 12.4. The van der Waals surface area contributed by atoms with Crippen LogP contribution in [0.15, 0.2) is 18.3 Å². The van der Waals surface area contributed by atoms with E-state index in [2.05, 4.69) is 27.5 Å². The van der Waals surface area contributed by atoms with Gasteiger partial charge in [-0.15, -0.1) is 11.3 Å². The van der Waals surface area contributed by atoms with E-state index in [9.17, 15) is 9.59 Å². The van der Waals surface area contributed by atoms with Gasteiger partial charge >= 0.3 is 0 Å². The maximum Gasteiger partial charge on any atom is 0.267 e. The van der Waals surface area contributed by atoms with Crippen LogP contribution >= 0.6 is 11.3 Å². The van der Waals surface area contributed by atoms with Crippen LogP contribution in [0.2, 0.25) is 0 Å². The number of anilines is 2. The number of pyridine rings is 1. The summed E-state index contributed by atoms with van der Waals surface area (Å²) in [5, 5.41) is 6.58. The molecule has 0 spiro atoms. The third-order valence-electron chi connectivity index (χ3n) is 3.73. The minimum atomic E-state index is -0.177. The van der Waals surface area contributed by atoms with E-state index in [4.69, 9.17) is 0 Å². The molecule has 0 atom stereocenters. The monoisotopic (exact) mass is 344 g/mol. The summed E-state index contributed by atoms with van der Waals surface area (Å²) < 4.78 is 0. The number of nitrogens with one attached hydrogen (secondary N) is 2. The first-order valence-electron chi connectivity index (χ1n) is 8.11. The zero-order chi connectivity index (χ0) is 17.1. The van der Waals surface area contributed by atoms with Gasteiger partial charge in [0.25, 0.3) is 5.91 Å². The molecule has 0 aliphatic heterocycles. The predicted molar refractivity (Wildman–Crippen MR) is 94.4 cm³/mol. The Balaban J connectivity index is 1.62. The number of carbonyl (C=O) groups is 2. The lowest BCUT2D eigenvalue weighted by atomic mass is 10.3. The van der Waals surface area contributed by atoms with Crippen molar-refractivity contribution >= 4 is 34.7 Å². The highest BCUT2D eigenvalue weighted by molar-refractivity contribution is 7.13. The van der Waals surface area contributed by atoms with E-state index in [0.29, 0.717) is 16.4 Å². The van der Waals surface area contributed by atoms with Gasteiger partial charge in [-0.3, -0.25) is 9.59 Å². The molecular formula is C17H20N4O2S. The normalized spacial score (nSPS) is 13.6. The van der Waals surface area contributed by atoms with E-state index < -0.39 is 0 Å². The van der Waals surface area contributed by atoms with Gasteiger partial charge in [-0.05, 0) is 44.7 Å². The van der Waals surface area contributed by atoms with Crippen molar-refractivity contribution in [1.29, 1.82) is 0 Å². The van der Waals surface area contributed by atoms with Crippen molar-refractivity contribution in [1.82, 2.24) is 9.97 Å². The topological polar surface area (TPSA) is 84.0 Å². The molecule has 0 radical (unpaired) electrons. The summed E-state index contributed by atoms with van der Waals surface area (Å²) in [5.41, 5.74) is 1.34. The van der Waals surface area contributed by atoms with Crippen molar-refractivity contribution < 1.29 is 9.59 Å². The number of thiazole rings is 1. The highest BCUT2D eigenvalue weighted by Crippen LogP contribution is 2.30. The quantitative estimate of drug-likeness (QED) is 0.841. The Kier molecular flexibility index (Phi) is 4.89. The molecule has 0 unspecified atom stereocenters. The van der Waals surface area contributed by atoms with Gasteiger partial charge in [0.1, 0.15) is 10.7 Å². The smallest absolute Gasteiger partial charge is 0.267 e. The standard InChI is InChI=1S/C17H20N4O2S/c1-3-4-14-19-10(2)15(24-14)17(23)20-12-7-8-13(18-9-12)21-16(22)11-5-6-11/h7-9,11H,3-6H2,1-2H3,(H,20,23)(H,18,21,22). The highest BCUT2D eigenvalue weighted by Gasteiger charge is 2.29. The number of amides is 2. The Morgan fingerprint density at radius 3 is 2.71 bits per heavy atom. The third kappa shape index (κ3) is 3.97. The summed E-state index contributed by atoms with van der Waals surface area (Å²) in [5.74, 6) is 0.480. The summed E-state index contributed by atoms with van der Waals surface area (Å²) in [6.45, 7) is 3.94. The Morgan fingerprint density at radius 2 is 2.08 bits per heavy atom. The van der Waals surface area contributed by atoms with Crippen molar-refractivity contribution in [2.24, 2.45) is 5.92 Å². The molecule has 2 aromatic heterocycles. The molecule has 0 aromatic carbocycles. The lowest BCUT2D eigenvalue weighted by molar-refractivity contribution is -0.117. The van der Waals surface area contributed by atoms with E-state index in [0.717, 1.165) is 36.4 Å². The summed E-state index contributed by atoms with van der Waals surface area (Å²) in [7, 11) is 0. The molecule has 2 amide bonds. The molecule has 7 heteroatoms. The van der Waals surface area contributed by atoms with Crippen LogP contribution in [0.5, 0.6) is 0 Å². The number of hydrogen-bond donors (Lipinski definition) is 2. The SMILES string of the molecule is CCCc1nc(C)c(C(=O)Nc2ccc(NC(=O)C3CC3)nc2)s1. The van der Waals surface area contributed by atoms with Crippen molar-refractivity contribution in [3.63, 3.8) is 0 Å². The molecule has 24 heavy (non-hydrogen) atoms. The van der Waals surface area contributed by atoms with Crippen LogP contribution in [0.25, 0.3) is 0 Å². The van der Waals surface area contributed by atoms with Crippen molar-refractivity contribution in [3.8, 4) is 0 Å². The molecule has 0 bridgehead atoms. The lowest BCUT2D eigenvalue weighted by Crippen LogP contribution is -2.15. The third-order valence-corrected chi connectivity index (χ3v) is 4.95. The number of rotatable bonds is 6. The maximum absolute atomic E-state index is 12.4. The van der Waals surface area contributed by atoms with Crippen LogP contribution in [0.4, 0.5) is 11.5 Å². The van der Waals surface area contributed by atoms with Crippen molar-refractivity contribution in [2.45, 2.75) is 39.5 Å². The minimum Gasteiger partial charge on any atom is -0.320 e. The molecule has 0 saturated heterocycles. The molecule has 6 nitrogen and oxygen atoms in total. The second-order valence-corrected chi connectivity index (χ2v) is 7.01. The van der Waals surface area contributed by atoms with Gasteiger partial charge < -0.3 is 10.6 Å². The molecule has 1 saturated carbocycles. The van der Waals surface area contributed by atoms with Crippen LogP contribution in [-0.2, 0) is 11.2 Å². The minimum absolute atomic E-state index is 0.0167. The number of nitrogens with zero attached hydrogens (tertiary/aromatic N) is 2. The number of aryl methyl sites for hydroxylation is 2. The zero-order valence-corrected chi connectivity index (χ0v) is 14.6. The largest absolute Gasteiger partial charge is 0.320 e. The molecule has 1 aliphatic rings. The summed E-state index contributed by atoms with van der Waals surface area (Å²) in [4.78, 5) is 33.3. The summed E-state index contributed by atoms with van der Waals surface area (Å²) in [6, 6.07) is 3.43.